The summed E-state index contributed by atoms with van der Waals surface area (Å²) in [6.07, 6.45) is 9.86. The Morgan fingerprint density at radius 3 is 2.22 bits per heavy atom. The molecule has 0 heterocycles. The summed E-state index contributed by atoms with van der Waals surface area (Å²) in [6.45, 7) is 3.40. The smallest absolute Gasteiger partial charge is 0.240 e. The molecule has 0 aliphatic heterocycles. The summed E-state index contributed by atoms with van der Waals surface area (Å²) in [4.78, 5) is 0.358. The summed E-state index contributed by atoms with van der Waals surface area (Å²) in [7, 11) is -3.37. The predicted octanol–water partition coefficient (Wildman–Crippen LogP) is 3.61. The largest absolute Gasteiger partial charge is 0.330 e. The van der Waals surface area contributed by atoms with Crippen molar-refractivity contribution in [2.45, 2.75) is 69.6 Å². The minimum absolute atomic E-state index is 0.358. The van der Waals surface area contributed by atoms with Crippen molar-refractivity contribution in [3.8, 4) is 0 Å². The maximum absolute atomic E-state index is 12.2. The molecule has 0 aliphatic carbocycles. The van der Waals surface area contributed by atoms with Crippen LogP contribution in [0.15, 0.2) is 29.2 Å². The fourth-order valence-electron chi connectivity index (χ4n) is 2.50. The molecule has 0 saturated heterocycles. The molecular formula is C18H32N2O2S. The molecular weight excluding hydrogens is 308 g/mol. The Bertz CT molecular complexity index is 512. The van der Waals surface area contributed by atoms with Gasteiger partial charge in [0.05, 0.1) is 4.90 Å². The van der Waals surface area contributed by atoms with Gasteiger partial charge in [0.2, 0.25) is 10.0 Å². The molecule has 132 valence electrons. The van der Waals surface area contributed by atoms with Gasteiger partial charge >= 0.3 is 0 Å². The number of hydrogen-bond acceptors (Lipinski definition) is 3. The van der Waals surface area contributed by atoms with Gasteiger partial charge in [-0.2, -0.15) is 0 Å². The van der Waals surface area contributed by atoms with E-state index in [2.05, 4.69) is 11.6 Å². The van der Waals surface area contributed by atoms with Crippen LogP contribution in [0.5, 0.6) is 0 Å². The highest BCUT2D eigenvalue weighted by Gasteiger charge is 2.12. The van der Waals surface area contributed by atoms with Gasteiger partial charge in [-0.15, -0.1) is 0 Å². The third-order valence-electron chi connectivity index (χ3n) is 3.98. The first-order valence-electron chi connectivity index (χ1n) is 8.89. The quantitative estimate of drug-likeness (QED) is 0.539. The molecule has 0 unspecified atom stereocenters. The van der Waals surface area contributed by atoms with Gasteiger partial charge in [0.15, 0.2) is 0 Å². The van der Waals surface area contributed by atoms with Gasteiger partial charge < -0.3 is 5.73 Å². The van der Waals surface area contributed by atoms with Crippen molar-refractivity contribution in [3.63, 3.8) is 0 Å². The Kier molecular flexibility index (Phi) is 10.2. The number of unbranched alkanes of at least 4 members (excludes halogenated alkanes) is 6. The van der Waals surface area contributed by atoms with Gasteiger partial charge in [-0.05, 0) is 49.9 Å². The predicted molar refractivity (Wildman–Crippen MR) is 97.0 cm³/mol. The fourth-order valence-corrected chi connectivity index (χ4v) is 3.58. The Morgan fingerprint density at radius 2 is 1.57 bits per heavy atom. The normalized spacial score (nSPS) is 11.7. The summed E-state index contributed by atoms with van der Waals surface area (Å²) in [6, 6.07) is 7.29. The maximum Gasteiger partial charge on any atom is 0.240 e. The zero-order valence-corrected chi connectivity index (χ0v) is 15.2. The minimum Gasteiger partial charge on any atom is -0.330 e. The van der Waals surface area contributed by atoms with Crippen LogP contribution < -0.4 is 10.5 Å². The van der Waals surface area contributed by atoms with Gasteiger partial charge in [-0.25, -0.2) is 13.1 Å². The van der Waals surface area contributed by atoms with E-state index in [-0.39, 0.29) is 0 Å². The number of sulfonamides is 1. The van der Waals surface area contributed by atoms with E-state index in [1.807, 2.05) is 12.1 Å². The van der Waals surface area contributed by atoms with E-state index in [0.717, 1.165) is 32.1 Å². The lowest BCUT2D eigenvalue weighted by Crippen LogP contribution is -2.24. The van der Waals surface area contributed by atoms with E-state index < -0.39 is 10.0 Å². The van der Waals surface area contributed by atoms with Crippen molar-refractivity contribution in [3.05, 3.63) is 29.8 Å². The number of benzene rings is 1. The van der Waals surface area contributed by atoms with E-state index >= 15 is 0 Å². The summed E-state index contributed by atoms with van der Waals surface area (Å²) in [5, 5.41) is 0. The number of rotatable bonds is 13. The van der Waals surface area contributed by atoms with Crippen molar-refractivity contribution in [1.29, 1.82) is 0 Å². The number of hydrogen-bond donors (Lipinski definition) is 2. The Morgan fingerprint density at radius 1 is 0.913 bits per heavy atom. The Hall–Kier alpha value is -0.910. The average Bonchev–Trinajstić information content (AvgIpc) is 2.55. The average molecular weight is 341 g/mol. The third kappa shape index (κ3) is 8.49. The lowest BCUT2D eigenvalue weighted by atomic mass is 10.1. The van der Waals surface area contributed by atoms with Crippen LogP contribution in [0, 0.1) is 0 Å². The number of nitrogens with one attached hydrogen (secondary N) is 1. The zero-order chi connectivity index (χ0) is 17.0. The van der Waals surface area contributed by atoms with Crippen LogP contribution in [0.3, 0.4) is 0 Å². The molecule has 4 nitrogen and oxygen atoms in total. The molecule has 1 rings (SSSR count). The zero-order valence-electron chi connectivity index (χ0n) is 14.4. The van der Waals surface area contributed by atoms with Gasteiger partial charge in [0.1, 0.15) is 0 Å². The standard InChI is InChI=1S/C18H32N2O2S/c1-2-3-4-7-10-17-11-13-18(14-12-17)23(21,22)20-16-9-6-5-8-15-19/h11-14,20H,2-10,15-16,19H2,1H3. The van der Waals surface area contributed by atoms with Crippen molar-refractivity contribution < 1.29 is 8.42 Å². The van der Waals surface area contributed by atoms with E-state index in [9.17, 15) is 8.42 Å². The SMILES string of the molecule is CCCCCCc1ccc(S(=O)(=O)NCCCCCCN)cc1. The first kappa shape index (κ1) is 20.1. The van der Waals surface area contributed by atoms with E-state index in [4.69, 9.17) is 5.73 Å². The number of nitrogens with two attached hydrogens (primary N) is 1. The molecule has 0 amide bonds. The highest BCUT2D eigenvalue weighted by Crippen LogP contribution is 2.13. The lowest BCUT2D eigenvalue weighted by Gasteiger charge is -2.08. The molecule has 0 aromatic heterocycles. The van der Waals surface area contributed by atoms with Crippen LogP contribution in [0.1, 0.15) is 63.9 Å². The molecule has 1 aromatic rings. The number of aryl methyl sites for hydroxylation is 1. The molecule has 0 aliphatic rings. The van der Waals surface area contributed by atoms with Gasteiger partial charge in [-0.1, -0.05) is 51.2 Å². The van der Waals surface area contributed by atoms with Crippen molar-refractivity contribution in [1.82, 2.24) is 4.72 Å². The third-order valence-corrected chi connectivity index (χ3v) is 5.45. The molecule has 5 heteroatoms. The second-order valence-corrected chi connectivity index (χ2v) is 7.82. The summed E-state index contributed by atoms with van der Waals surface area (Å²) in [5.41, 5.74) is 6.64. The molecule has 23 heavy (non-hydrogen) atoms. The fraction of sp³-hybridized carbons (Fsp3) is 0.667. The Balaban J connectivity index is 2.38. The molecule has 0 saturated carbocycles. The van der Waals surface area contributed by atoms with Gasteiger partial charge in [0, 0.05) is 6.54 Å². The summed E-state index contributed by atoms with van der Waals surface area (Å²) < 4.78 is 27.1. The van der Waals surface area contributed by atoms with Crippen molar-refractivity contribution in [2.75, 3.05) is 13.1 Å². The van der Waals surface area contributed by atoms with Gasteiger partial charge in [-0.3, -0.25) is 0 Å². The monoisotopic (exact) mass is 340 g/mol. The lowest BCUT2D eigenvalue weighted by molar-refractivity contribution is 0.572. The summed E-state index contributed by atoms with van der Waals surface area (Å²) in [5.74, 6) is 0. The molecule has 1 aromatic carbocycles. The van der Waals surface area contributed by atoms with Crippen molar-refractivity contribution in [2.24, 2.45) is 5.73 Å². The van der Waals surface area contributed by atoms with Crippen LogP contribution in [-0.2, 0) is 16.4 Å². The second kappa shape index (κ2) is 11.6. The molecule has 3 N–H and O–H groups in total. The first-order valence-corrected chi connectivity index (χ1v) is 10.4. The van der Waals surface area contributed by atoms with E-state index in [1.54, 1.807) is 12.1 Å². The van der Waals surface area contributed by atoms with Crippen molar-refractivity contribution >= 4 is 10.0 Å². The molecule has 0 fully saturated rings. The molecule has 0 bridgehead atoms. The van der Waals surface area contributed by atoms with Crippen LogP contribution >= 0.6 is 0 Å². The molecule has 0 radical (unpaired) electrons. The highest BCUT2D eigenvalue weighted by atomic mass is 32.2. The van der Waals surface area contributed by atoms with Crippen LogP contribution in [0.2, 0.25) is 0 Å². The maximum atomic E-state index is 12.2. The van der Waals surface area contributed by atoms with Crippen LogP contribution in [0.4, 0.5) is 0 Å². The first-order chi connectivity index (χ1) is 11.1. The molecule has 0 atom stereocenters. The Labute approximate surface area is 141 Å². The van der Waals surface area contributed by atoms with Gasteiger partial charge in [0.25, 0.3) is 0 Å². The van der Waals surface area contributed by atoms with Crippen LogP contribution in [-0.4, -0.2) is 21.5 Å². The second-order valence-electron chi connectivity index (χ2n) is 6.06. The molecule has 0 spiro atoms. The van der Waals surface area contributed by atoms with E-state index in [0.29, 0.717) is 18.0 Å². The summed E-state index contributed by atoms with van der Waals surface area (Å²) >= 11 is 0. The topological polar surface area (TPSA) is 72.2 Å². The van der Waals surface area contributed by atoms with E-state index in [1.165, 1.54) is 31.2 Å². The van der Waals surface area contributed by atoms with Crippen LogP contribution in [0.25, 0.3) is 0 Å². The highest BCUT2D eigenvalue weighted by molar-refractivity contribution is 7.89. The minimum atomic E-state index is -3.37.